The largest absolute Gasteiger partial charge is 0.460 e. The summed E-state index contributed by atoms with van der Waals surface area (Å²) in [5.41, 5.74) is 4.06. The molecule has 0 radical (unpaired) electrons. The molecule has 0 aliphatic rings. The minimum atomic E-state index is -3.94. The van der Waals surface area contributed by atoms with Gasteiger partial charge in [-0.1, -0.05) is 53.0 Å². The molecule has 0 atom stereocenters. The number of hydrogen-bond acceptors (Lipinski definition) is 5. The molecule has 1 aromatic heterocycles. The maximum Gasteiger partial charge on any atom is 0.266 e. The van der Waals surface area contributed by atoms with Crippen LogP contribution in [0.15, 0.2) is 87.7 Å². The number of aryl methyl sites for hydroxylation is 3. The summed E-state index contributed by atoms with van der Waals surface area (Å²) in [4.78, 5) is 12.9. The lowest BCUT2D eigenvalue weighted by molar-refractivity contribution is -0.112. The third-order valence-electron chi connectivity index (χ3n) is 6.43. The lowest BCUT2D eigenvalue weighted by Crippen LogP contribution is -2.30. The molecule has 1 N–H and O–H groups in total. The molecule has 0 bridgehead atoms. The monoisotopic (exact) mass is 607 g/mol. The zero-order chi connectivity index (χ0) is 29.7. The third-order valence-corrected chi connectivity index (χ3v) is 8.98. The van der Waals surface area contributed by atoms with Crippen LogP contribution >= 0.6 is 23.2 Å². The molecule has 4 rings (SSSR count). The SMILES string of the molecule is Cc1ccc(S(=O)(=O)N(Cc2ccc(Cl)c(Cl)c2)Cc2ccc(/C=C(/C#N)C(=O)Nc3ccc(C)c(C)c3)o2)cc1. The van der Waals surface area contributed by atoms with Gasteiger partial charge in [0.1, 0.15) is 23.2 Å². The van der Waals surface area contributed by atoms with Crippen molar-refractivity contribution < 1.29 is 17.6 Å². The first-order chi connectivity index (χ1) is 19.5. The second-order valence-corrected chi connectivity index (χ2v) is 12.3. The van der Waals surface area contributed by atoms with E-state index in [2.05, 4.69) is 5.32 Å². The number of anilines is 1. The van der Waals surface area contributed by atoms with Crippen LogP contribution in [0.5, 0.6) is 0 Å². The Kier molecular flexibility index (Phi) is 9.36. The van der Waals surface area contributed by atoms with E-state index in [1.165, 1.54) is 10.4 Å². The molecular formula is C31H27Cl2N3O4S. The highest BCUT2D eigenvalue weighted by molar-refractivity contribution is 7.89. The van der Waals surface area contributed by atoms with E-state index in [0.717, 1.165) is 16.7 Å². The number of amides is 1. The lowest BCUT2D eigenvalue weighted by Gasteiger charge is -2.22. The zero-order valence-electron chi connectivity index (χ0n) is 22.6. The molecule has 0 aliphatic heterocycles. The van der Waals surface area contributed by atoms with E-state index in [0.29, 0.717) is 27.1 Å². The van der Waals surface area contributed by atoms with Crippen molar-refractivity contribution in [1.29, 1.82) is 5.26 Å². The summed E-state index contributed by atoms with van der Waals surface area (Å²) in [5.74, 6) is -0.0373. The molecule has 1 amide bonds. The zero-order valence-corrected chi connectivity index (χ0v) is 24.9. The van der Waals surface area contributed by atoms with Crippen molar-refractivity contribution in [3.8, 4) is 6.07 Å². The van der Waals surface area contributed by atoms with Gasteiger partial charge in [-0.05, 0) is 86.0 Å². The average molecular weight is 609 g/mol. The molecule has 0 fully saturated rings. The Morgan fingerprint density at radius 1 is 0.927 bits per heavy atom. The number of rotatable bonds is 9. The van der Waals surface area contributed by atoms with E-state index in [-0.39, 0.29) is 29.3 Å². The summed E-state index contributed by atoms with van der Waals surface area (Å²) in [7, 11) is -3.94. The van der Waals surface area contributed by atoms with Crippen LogP contribution in [0, 0.1) is 32.1 Å². The Bertz CT molecular complexity index is 1770. The Balaban J connectivity index is 1.59. The van der Waals surface area contributed by atoms with Gasteiger partial charge < -0.3 is 9.73 Å². The van der Waals surface area contributed by atoms with Crippen LogP contribution in [0.3, 0.4) is 0 Å². The first-order valence-corrected chi connectivity index (χ1v) is 14.8. The quantitative estimate of drug-likeness (QED) is 0.157. The van der Waals surface area contributed by atoms with E-state index in [9.17, 15) is 18.5 Å². The number of furan rings is 1. The minimum Gasteiger partial charge on any atom is -0.460 e. The molecule has 3 aromatic carbocycles. The molecule has 210 valence electrons. The number of nitrogens with one attached hydrogen (secondary N) is 1. The van der Waals surface area contributed by atoms with Crippen molar-refractivity contribution in [2.24, 2.45) is 0 Å². The fourth-order valence-corrected chi connectivity index (χ4v) is 5.68. The molecule has 4 aromatic rings. The first kappa shape index (κ1) is 30.1. The Morgan fingerprint density at radius 3 is 2.32 bits per heavy atom. The van der Waals surface area contributed by atoms with Crippen LogP contribution in [0.4, 0.5) is 5.69 Å². The van der Waals surface area contributed by atoms with Crippen LogP contribution in [-0.4, -0.2) is 18.6 Å². The molecule has 0 unspecified atom stereocenters. The number of nitrogens with zero attached hydrogens (tertiary/aromatic N) is 2. The fraction of sp³-hybridized carbons (Fsp3) is 0.161. The second-order valence-electron chi connectivity index (χ2n) is 9.56. The summed E-state index contributed by atoms with van der Waals surface area (Å²) >= 11 is 12.2. The van der Waals surface area contributed by atoms with Crippen molar-refractivity contribution in [3.05, 3.63) is 122 Å². The lowest BCUT2D eigenvalue weighted by atomic mass is 10.1. The highest BCUT2D eigenvalue weighted by Crippen LogP contribution is 2.27. The van der Waals surface area contributed by atoms with Gasteiger partial charge in [0.2, 0.25) is 10.0 Å². The van der Waals surface area contributed by atoms with Gasteiger partial charge in [-0.25, -0.2) is 8.42 Å². The van der Waals surface area contributed by atoms with E-state index in [1.807, 2.05) is 39.0 Å². The van der Waals surface area contributed by atoms with Crippen LogP contribution in [0.25, 0.3) is 6.08 Å². The highest BCUT2D eigenvalue weighted by Gasteiger charge is 2.26. The van der Waals surface area contributed by atoms with Crippen LogP contribution in [0.2, 0.25) is 10.0 Å². The number of benzene rings is 3. The predicted molar refractivity (Wildman–Crippen MR) is 161 cm³/mol. The van der Waals surface area contributed by atoms with Gasteiger partial charge in [0.25, 0.3) is 5.91 Å². The van der Waals surface area contributed by atoms with Gasteiger partial charge in [-0.3, -0.25) is 4.79 Å². The van der Waals surface area contributed by atoms with Gasteiger partial charge >= 0.3 is 0 Å². The van der Waals surface area contributed by atoms with Crippen LogP contribution in [0.1, 0.15) is 33.8 Å². The molecular weight excluding hydrogens is 581 g/mol. The summed E-state index contributed by atoms with van der Waals surface area (Å²) in [6, 6.07) is 22.0. The van der Waals surface area contributed by atoms with Crippen molar-refractivity contribution in [1.82, 2.24) is 4.31 Å². The van der Waals surface area contributed by atoms with Gasteiger partial charge in [0, 0.05) is 18.3 Å². The third kappa shape index (κ3) is 7.46. The molecule has 0 saturated heterocycles. The number of nitriles is 1. The number of sulfonamides is 1. The minimum absolute atomic E-state index is 0.000783. The highest BCUT2D eigenvalue weighted by atomic mass is 35.5. The molecule has 0 saturated carbocycles. The fourth-order valence-electron chi connectivity index (χ4n) is 3.97. The number of hydrogen-bond donors (Lipinski definition) is 1. The average Bonchev–Trinajstić information content (AvgIpc) is 3.38. The van der Waals surface area contributed by atoms with E-state index >= 15 is 0 Å². The van der Waals surface area contributed by atoms with Gasteiger partial charge in [0.15, 0.2) is 0 Å². The molecule has 0 spiro atoms. The van der Waals surface area contributed by atoms with E-state index in [1.54, 1.807) is 60.7 Å². The standard InChI is InChI=1S/C31H27Cl2N3O4S/c1-20-4-11-28(12-5-20)41(38,39)36(18-23-7-13-29(32)30(33)15-23)19-27-10-9-26(40-27)16-24(17-34)31(37)35-25-8-6-21(2)22(3)14-25/h4-16H,18-19H2,1-3H3,(H,35,37)/b24-16-. The van der Waals surface area contributed by atoms with E-state index < -0.39 is 15.9 Å². The number of halogens is 2. The smallest absolute Gasteiger partial charge is 0.266 e. The molecule has 10 heteroatoms. The Labute approximate surface area is 249 Å². The summed E-state index contributed by atoms with van der Waals surface area (Å²) < 4.78 is 34.4. The van der Waals surface area contributed by atoms with Crippen molar-refractivity contribution in [2.75, 3.05) is 5.32 Å². The van der Waals surface area contributed by atoms with Crippen molar-refractivity contribution in [3.63, 3.8) is 0 Å². The molecule has 7 nitrogen and oxygen atoms in total. The molecule has 1 heterocycles. The molecule has 0 aliphatic carbocycles. The van der Waals surface area contributed by atoms with Gasteiger partial charge in [-0.15, -0.1) is 0 Å². The Morgan fingerprint density at radius 2 is 1.66 bits per heavy atom. The van der Waals surface area contributed by atoms with Gasteiger partial charge in [0.05, 0.1) is 21.5 Å². The normalized spacial score (nSPS) is 11.9. The first-order valence-electron chi connectivity index (χ1n) is 12.6. The summed E-state index contributed by atoms with van der Waals surface area (Å²) in [6.45, 7) is 5.66. The summed E-state index contributed by atoms with van der Waals surface area (Å²) in [6.07, 6.45) is 1.32. The number of carbonyl (C=O) groups is 1. The van der Waals surface area contributed by atoms with Crippen molar-refractivity contribution in [2.45, 2.75) is 38.8 Å². The Hall–Kier alpha value is -3.87. The summed E-state index contributed by atoms with van der Waals surface area (Å²) in [5, 5.41) is 13.0. The number of carbonyl (C=O) groups excluding carboxylic acids is 1. The molecule has 41 heavy (non-hydrogen) atoms. The van der Waals surface area contributed by atoms with Crippen LogP contribution < -0.4 is 5.32 Å². The maximum atomic E-state index is 13.7. The maximum absolute atomic E-state index is 13.7. The predicted octanol–water partition coefficient (Wildman–Crippen LogP) is 7.45. The van der Waals surface area contributed by atoms with Crippen LogP contribution in [-0.2, 0) is 27.9 Å². The topological polar surface area (TPSA) is 103 Å². The van der Waals surface area contributed by atoms with E-state index in [4.69, 9.17) is 27.6 Å². The van der Waals surface area contributed by atoms with Crippen molar-refractivity contribution >= 4 is 50.9 Å². The second kappa shape index (κ2) is 12.8. The van der Waals surface area contributed by atoms with Gasteiger partial charge in [-0.2, -0.15) is 9.57 Å².